The van der Waals surface area contributed by atoms with Crippen LogP contribution < -0.4 is 10.6 Å². The summed E-state index contributed by atoms with van der Waals surface area (Å²) in [5.74, 6) is -0.493. The van der Waals surface area contributed by atoms with Gasteiger partial charge in [0.25, 0.3) is 0 Å². The average molecular weight is 540 g/mol. The molecule has 0 unspecified atom stereocenters. The van der Waals surface area contributed by atoms with E-state index in [1.807, 2.05) is 25.7 Å². The van der Waals surface area contributed by atoms with Crippen molar-refractivity contribution in [3.05, 3.63) is 45.1 Å². The lowest BCUT2D eigenvalue weighted by molar-refractivity contribution is -0.139. The van der Waals surface area contributed by atoms with Crippen molar-refractivity contribution in [1.82, 2.24) is 25.3 Å². The predicted molar refractivity (Wildman–Crippen MR) is 140 cm³/mol. The van der Waals surface area contributed by atoms with Crippen LogP contribution in [-0.2, 0) is 9.53 Å². The third kappa shape index (κ3) is 6.25. The van der Waals surface area contributed by atoms with E-state index in [0.29, 0.717) is 66.1 Å². The van der Waals surface area contributed by atoms with Crippen LogP contribution in [0.1, 0.15) is 45.7 Å². The molecule has 11 heteroatoms. The Labute approximate surface area is 222 Å². The summed E-state index contributed by atoms with van der Waals surface area (Å²) in [6, 6.07) is 3.91. The molecule has 1 fully saturated rings. The first-order chi connectivity index (χ1) is 17.2. The van der Waals surface area contributed by atoms with Gasteiger partial charge in [0.1, 0.15) is 0 Å². The van der Waals surface area contributed by atoms with Crippen LogP contribution >= 0.6 is 23.2 Å². The van der Waals surface area contributed by atoms with E-state index in [1.54, 1.807) is 30.0 Å². The fourth-order valence-corrected chi connectivity index (χ4v) is 4.93. The quantitative estimate of drug-likeness (QED) is 0.486. The Morgan fingerprint density at radius 2 is 1.92 bits per heavy atom. The molecule has 1 aromatic carbocycles. The first-order valence-electron chi connectivity index (χ1n) is 12.4. The molecule has 0 aliphatic carbocycles. The summed E-state index contributed by atoms with van der Waals surface area (Å²) >= 11 is 12.4. The molecular formula is C25H35Cl2N5O4. The number of nitrogens with zero attached hydrogens (tertiary/aromatic N) is 3. The molecule has 2 atom stereocenters. The molecule has 2 heterocycles. The molecule has 1 aromatic rings. The maximum atomic E-state index is 13.3. The van der Waals surface area contributed by atoms with Crippen molar-refractivity contribution in [3.63, 3.8) is 0 Å². The Balaban J connectivity index is 1.95. The van der Waals surface area contributed by atoms with Crippen LogP contribution in [0.4, 0.5) is 9.59 Å². The third-order valence-electron chi connectivity index (χ3n) is 6.40. The molecule has 0 aromatic heterocycles. The zero-order valence-corrected chi connectivity index (χ0v) is 22.8. The number of hydrogen-bond donors (Lipinski definition) is 2. The second-order valence-corrected chi connectivity index (χ2v) is 9.71. The summed E-state index contributed by atoms with van der Waals surface area (Å²) in [6.07, 6.45) is 0.875. The number of rotatable bonds is 8. The minimum Gasteiger partial charge on any atom is -0.463 e. The van der Waals surface area contributed by atoms with E-state index in [4.69, 9.17) is 27.9 Å². The molecule has 0 spiro atoms. The second-order valence-electron chi connectivity index (χ2n) is 8.89. The normalized spacial score (nSPS) is 20.9. The van der Waals surface area contributed by atoms with Crippen molar-refractivity contribution in [2.45, 2.75) is 46.2 Å². The molecule has 9 nitrogen and oxygen atoms in total. The maximum Gasteiger partial charge on any atom is 0.338 e. The largest absolute Gasteiger partial charge is 0.463 e. The minimum absolute atomic E-state index is 0.0272. The lowest BCUT2D eigenvalue weighted by Gasteiger charge is -2.42. The summed E-state index contributed by atoms with van der Waals surface area (Å²) < 4.78 is 5.43. The number of ether oxygens (including phenoxy) is 1. The van der Waals surface area contributed by atoms with Crippen LogP contribution in [-0.4, -0.2) is 84.6 Å². The van der Waals surface area contributed by atoms with Crippen molar-refractivity contribution >= 4 is 41.2 Å². The number of hydrogen-bond acceptors (Lipinski definition) is 5. The zero-order chi connectivity index (χ0) is 26.4. The van der Waals surface area contributed by atoms with Crippen molar-refractivity contribution in [2.24, 2.45) is 0 Å². The van der Waals surface area contributed by atoms with Crippen LogP contribution in [0, 0.1) is 0 Å². The fourth-order valence-electron chi connectivity index (χ4n) is 4.62. The monoisotopic (exact) mass is 539 g/mol. The highest BCUT2D eigenvalue weighted by Crippen LogP contribution is 2.35. The Hall–Kier alpha value is -2.49. The number of urea groups is 2. The SMILES string of the molecule is CCCNC(=O)N1CCN(CC2=C(C(=O)OCC)[C@@H](c3ccc(Cl)c(Cl)c3)NC(=O)N2CC)C[C@@H]1C. The molecule has 36 heavy (non-hydrogen) atoms. The Morgan fingerprint density at radius 1 is 1.17 bits per heavy atom. The van der Waals surface area contributed by atoms with Gasteiger partial charge in [0.05, 0.1) is 28.3 Å². The molecule has 2 aliphatic heterocycles. The molecule has 198 valence electrons. The molecule has 0 radical (unpaired) electrons. The molecule has 1 saturated heterocycles. The van der Waals surface area contributed by atoms with Gasteiger partial charge in [-0.25, -0.2) is 14.4 Å². The smallest absolute Gasteiger partial charge is 0.338 e. The number of piperazine rings is 1. The molecule has 2 N–H and O–H groups in total. The van der Waals surface area contributed by atoms with Gasteiger partial charge in [-0.1, -0.05) is 36.2 Å². The molecule has 4 amide bonds. The Kier molecular flexibility index (Phi) is 9.87. The van der Waals surface area contributed by atoms with Crippen LogP contribution in [0.5, 0.6) is 0 Å². The number of nitrogens with one attached hydrogen (secondary N) is 2. The molecule has 0 saturated carbocycles. The van der Waals surface area contributed by atoms with Gasteiger partial charge >= 0.3 is 18.0 Å². The fraction of sp³-hybridized carbons (Fsp3) is 0.560. The maximum absolute atomic E-state index is 13.3. The van der Waals surface area contributed by atoms with Gasteiger partial charge in [0, 0.05) is 51.0 Å². The lowest BCUT2D eigenvalue weighted by atomic mass is 9.94. The van der Waals surface area contributed by atoms with Crippen LogP contribution in [0.25, 0.3) is 0 Å². The van der Waals surface area contributed by atoms with Gasteiger partial charge in [-0.15, -0.1) is 0 Å². The first kappa shape index (κ1) is 28.1. The van der Waals surface area contributed by atoms with E-state index in [0.717, 1.165) is 6.42 Å². The van der Waals surface area contributed by atoms with E-state index < -0.39 is 12.0 Å². The van der Waals surface area contributed by atoms with Gasteiger partial charge in [-0.2, -0.15) is 0 Å². The summed E-state index contributed by atoms with van der Waals surface area (Å²) in [6.45, 7) is 11.0. The van der Waals surface area contributed by atoms with E-state index >= 15 is 0 Å². The van der Waals surface area contributed by atoms with Crippen LogP contribution in [0.2, 0.25) is 10.0 Å². The van der Waals surface area contributed by atoms with E-state index in [2.05, 4.69) is 15.5 Å². The summed E-state index contributed by atoms with van der Waals surface area (Å²) in [7, 11) is 0. The van der Waals surface area contributed by atoms with Crippen molar-refractivity contribution in [1.29, 1.82) is 0 Å². The van der Waals surface area contributed by atoms with Crippen molar-refractivity contribution in [3.8, 4) is 0 Å². The second kappa shape index (κ2) is 12.7. The van der Waals surface area contributed by atoms with Crippen LogP contribution in [0.3, 0.4) is 0 Å². The number of amides is 4. The van der Waals surface area contributed by atoms with Gasteiger partial charge in [0.15, 0.2) is 0 Å². The van der Waals surface area contributed by atoms with Crippen LogP contribution in [0.15, 0.2) is 29.5 Å². The van der Waals surface area contributed by atoms with Gasteiger partial charge < -0.3 is 20.3 Å². The highest BCUT2D eigenvalue weighted by Gasteiger charge is 2.39. The number of carbonyl (C=O) groups is 3. The van der Waals surface area contributed by atoms with Gasteiger partial charge in [-0.05, 0) is 44.9 Å². The number of halogens is 2. The van der Waals surface area contributed by atoms with E-state index in [1.165, 1.54) is 0 Å². The number of carbonyl (C=O) groups excluding carboxylic acids is 3. The lowest BCUT2D eigenvalue weighted by Crippen LogP contribution is -2.58. The summed E-state index contributed by atoms with van der Waals surface area (Å²) in [5.41, 5.74) is 1.60. The third-order valence-corrected chi connectivity index (χ3v) is 7.14. The predicted octanol–water partition coefficient (Wildman–Crippen LogP) is 4.02. The molecule has 2 aliphatic rings. The zero-order valence-electron chi connectivity index (χ0n) is 21.3. The molecule has 3 rings (SSSR count). The molecular weight excluding hydrogens is 505 g/mol. The minimum atomic E-state index is -0.734. The van der Waals surface area contributed by atoms with Gasteiger partial charge in [-0.3, -0.25) is 9.80 Å². The summed E-state index contributed by atoms with van der Waals surface area (Å²) in [5, 5.41) is 6.58. The number of esters is 1. The first-order valence-corrected chi connectivity index (χ1v) is 13.2. The number of benzene rings is 1. The van der Waals surface area contributed by atoms with Crippen molar-refractivity contribution in [2.75, 3.05) is 45.9 Å². The number of likely N-dealkylation sites (N-methyl/N-ethyl adjacent to an activating group) is 1. The highest BCUT2D eigenvalue weighted by molar-refractivity contribution is 6.42. The van der Waals surface area contributed by atoms with Gasteiger partial charge in [0.2, 0.25) is 0 Å². The standard InChI is InChI=1S/C25H35Cl2N5O4/c1-5-10-28-24(34)32-12-11-30(14-16(32)4)15-20-21(23(33)36-7-3)22(29-25(35)31(20)6-2)17-8-9-18(26)19(27)13-17/h8-9,13,16,22H,5-7,10-12,14-15H2,1-4H3,(H,28,34)(H,29,35)/t16-,22+/m0/s1. The average Bonchev–Trinajstić information content (AvgIpc) is 2.84. The van der Waals surface area contributed by atoms with Crippen molar-refractivity contribution < 1.29 is 19.1 Å². The van der Waals surface area contributed by atoms with E-state index in [-0.39, 0.29) is 24.7 Å². The Bertz CT molecular complexity index is 1020. The Morgan fingerprint density at radius 3 is 2.53 bits per heavy atom. The summed E-state index contributed by atoms with van der Waals surface area (Å²) in [4.78, 5) is 44.5. The van der Waals surface area contributed by atoms with E-state index in [9.17, 15) is 14.4 Å². The highest BCUT2D eigenvalue weighted by atomic mass is 35.5. The molecule has 0 bridgehead atoms. The topological polar surface area (TPSA) is 94.2 Å².